The van der Waals surface area contributed by atoms with E-state index in [0.717, 1.165) is 6.20 Å². The first-order valence-corrected chi connectivity index (χ1v) is 7.53. The zero-order valence-corrected chi connectivity index (χ0v) is 10.2. The third-order valence-electron chi connectivity index (χ3n) is 2.10. The molecule has 0 aliphatic heterocycles. The SMILES string of the molecule is O=P(O)(O)C(O)(Cc1cccnc1)P(=O)(O)O.[HH].[HH].[HH].[HH].[HH].[HH].[HH].[HH].[HH].[HH].[HH].[HH].[HH].[HH].[HH].[HH].[HH].[HH].[HH].[HH].[HH]. The summed E-state index contributed by atoms with van der Waals surface area (Å²) in [6.45, 7) is 0. The topological polar surface area (TPSA) is 148 Å². The van der Waals surface area contributed by atoms with E-state index in [4.69, 9.17) is 19.6 Å². The van der Waals surface area contributed by atoms with Gasteiger partial charge in [0.1, 0.15) is 0 Å². The quantitative estimate of drug-likeness (QED) is 0.496. The first kappa shape index (κ1) is 14.5. The Hall–Kier alpha value is -0.590. The smallest absolute Gasteiger partial charge is 0.367 e. The second-order valence-electron chi connectivity index (χ2n) is 3.40. The Bertz CT molecular complexity index is 494. The first-order valence-electron chi connectivity index (χ1n) is 4.30. The molecule has 1 rings (SSSR count). The second kappa shape index (κ2) is 4.59. The summed E-state index contributed by atoms with van der Waals surface area (Å²) in [5, 5.41) is 6.16. The van der Waals surface area contributed by atoms with Crippen molar-refractivity contribution in [1.29, 1.82) is 0 Å². The van der Waals surface area contributed by atoms with Crippen LogP contribution in [-0.4, -0.2) is 34.7 Å². The van der Waals surface area contributed by atoms with Crippen LogP contribution < -0.4 is 0 Å². The minimum atomic E-state index is -5.41. The molecule has 1 heterocycles. The minimum Gasteiger partial charge on any atom is -0.367 e. The van der Waals surface area contributed by atoms with Crippen LogP contribution in [0.1, 0.15) is 35.5 Å². The van der Waals surface area contributed by atoms with Gasteiger partial charge in [0, 0.05) is 48.8 Å². The molecule has 138 valence electrons. The summed E-state index contributed by atoms with van der Waals surface area (Å²) in [5.74, 6) is 0. The first-order chi connectivity index (χ1) is 7.58. The molecular formula is C7H53NO7P2. The summed E-state index contributed by atoms with van der Waals surface area (Å²) >= 11 is 0. The third-order valence-corrected chi connectivity index (χ3v) is 5.84. The van der Waals surface area contributed by atoms with Gasteiger partial charge in [-0.25, -0.2) is 0 Å². The van der Waals surface area contributed by atoms with Crippen molar-refractivity contribution in [3.05, 3.63) is 30.1 Å². The summed E-state index contributed by atoms with van der Waals surface area (Å²) in [7, 11) is -10.8. The number of aliphatic hydroxyl groups is 1. The summed E-state index contributed by atoms with van der Waals surface area (Å²) < 4.78 is 22.1. The van der Waals surface area contributed by atoms with Crippen LogP contribution in [0.4, 0.5) is 0 Å². The molecule has 0 bridgehead atoms. The van der Waals surface area contributed by atoms with Crippen molar-refractivity contribution in [3.8, 4) is 0 Å². The van der Waals surface area contributed by atoms with Gasteiger partial charge >= 0.3 is 15.2 Å². The van der Waals surface area contributed by atoms with E-state index < -0.39 is 26.7 Å². The molecule has 5 N–H and O–H groups in total. The highest BCUT2D eigenvalue weighted by atomic mass is 31.2. The molecule has 0 aliphatic rings. The van der Waals surface area contributed by atoms with Crippen LogP contribution in [0.25, 0.3) is 0 Å². The predicted octanol–water partition coefficient (Wildman–Crippen LogP) is 4.79. The maximum atomic E-state index is 11.0. The van der Waals surface area contributed by atoms with Crippen LogP contribution in [0.5, 0.6) is 0 Å². The van der Waals surface area contributed by atoms with Crippen LogP contribution in [0.2, 0.25) is 0 Å². The van der Waals surface area contributed by atoms with E-state index in [1.54, 1.807) is 0 Å². The molecule has 0 fully saturated rings. The van der Waals surface area contributed by atoms with Crippen molar-refractivity contribution < 1.29 is 63.8 Å². The highest BCUT2D eigenvalue weighted by Gasteiger charge is 2.59. The Labute approximate surface area is 127 Å². The van der Waals surface area contributed by atoms with E-state index in [9.17, 15) is 14.2 Å². The lowest BCUT2D eigenvalue weighted by Gasteiger charge is -2.29. The highest BCUT2D eigenvalue weighted by Crippen LogP contribution is 2.68. The lowest BCUT2D eigenvalue weighted by atomic mass is 10.2. The van der Waals surface area contributed by atoms with E-state index >= 15 is 0 Å². The molecule has 10 heteroatoms. The Morgan fingerprint density at radius 1 is 1.24 bits per heavy atom. The Morgan fingerprint density at radius 2 is 1.76 bits per heavy atom. The van der Waals surface area contributed by atoms with E-state index in [1.165, 1.54) is 18.3 Å². The number of hydrogen-bond acceptors (Lipinski definition) is 4. The fraction of sp³-hybridized carbons (Fsp3) is 0.286. The van der Waals surface area contributed by atoms with Crippen LogP contribution in [-0.2, 0) is 15.6 Å². The summed E-state index contributed by atoms with van der Waals surface area (Å²) in [4.78, 5) is 39.1. The molecule has 8 nitrogen and oxygen atoms in total. The van der Waals surface area contributed by atoms with Gasteiger partial charge in [-0.15, -0.1) is 0 Å². The lowest BCUT2D eigenvalue weighted by molar-refractivity contribution is 0.131. The van der Waals surface area contributed by atoms with Crippen molar-refractivity contribution in [2.75, 3.05) is 0 Å². The van der Waals surface area contributed by atoms with Gasteiger partial charge in [-0.3, -0.25) is 14.1 Å². The number of aromatic nitrogens is 1. The number of nitrogens with zero attached hydrogens (tertiary/aromatic N) is 1. The van der Waals surface area contributed by atoms with E-state index in [2.05, 4.69) is 4.98 Å². The molecule has 0 unspecified atom stereocenters. The zero-order valence-electron chi connectivity index (χ0n) is 8.41. The van der Waals surface area contributed by atoms with Gasteiger partial charge in [-0.1, -0.05) is 6.07 Å². The molecule has 0 amide bonds. The van der Waals surface area contributed by atoms with Crippen molar-refractivity contribution in [1.82, 2.24) is 4.98 Å². The summed E-state index contributed by atoms with van der Waals surface area (Å²) in [5.41, 5.74) is 0.0988. The minimum absolute atomic E-state index is 0. The van der Waals surface area contributed by atoms with Crippen molar-refractivity contribution in [2.24, 2.45) is 0 Å². The molecule has 0 aromatic carbocycles. The monoisotopic (exact) mass is 325 g/mol. The Balaban J connectivity index is -0.00000000724. The molecule has 1 aromatic rings. The van der Waals surface area contributed by atoms with Crippen molar-refractivity contribution in [2.45, 2.75) is 11.5 Å². The Morgan fingerprint density at radius 3 is 2.12 bits per heavy atom. The molecule has 0 atom stereocenters. The van der Waals surface area contributed by atoms with Crippen LogP contribution >= 0.6 is 15.2 Å². The van der Waals surface area contributed by atoms with Crippen LogP contribution in [0.3, 0.4) is 0 Å². The van der Waals surface area contributed by atoms with E-state index in [-0.39, 0.29) is 35.5 Å². The molecule has 0 spiro atoms. The maximum absolute atomic E-state index is 11.0. The van der Waals surface area contributed by atoms with Gasteiger partial charge in [0.15, 0.2) is 0 Å². The predicted molar refractivity (Wildman–Crippen MR) is 101 cm³/mol. The highest BCUT2D eigenvalue weighted by molar-refractivity contribution is 7.72. The number of rotatable bonds is 4. The van der Waals surface area contributed by atoms with Crippen LogP contribution in [0, 0.1) is 0 Å². The van der Waals surface area contributed by atoms with Crippen molar-refractivity contribution in [3.63, 3.8) is 0 Å². The van der Waals surface area contributed by atoms with Crippen molar-refractivity contribution >= 4 is 15.2 Å². The van der Waals surface area contributed by atoms with Gasteiger partial charge in [-0.05, 0) is 11.6 Å². The molecule has 0 radical (unpaired) electrons. The van der Waals surface area contributed by atoms with Crippen LogP contribution in [0.15, 0.2) is 24.5 Å². The fourth-order valence-electron chi connectivity index (χ4n) is 1.15. The van der Waals surface area contributed by atoms with Gasteiger partial charge in [0.25, 0.3) is 5.08 Å². The van der Waals surface area contributed by atoms with E-state index in [1.807, 2.05) is 0 Å². The molecule has 17 heavy (non-hydrogen) atoms. The zero-order chi connectivity index (χ0) is 13.3. The molecule has 1 aromatic heterocycles. The fourth-order valence-corrected chi connectivity index (χ4v) is 3.29. The molecule has 0 aliphatic carbocycles. The summed E-state index contributed by atoms with van der Waals surface area (Å²) in [6.07, 6.45) is 1.63. The molecule has 0 saturated heterocycles. The van der Waals surface area contributed by atoms with E-state index in [0.29, 0.717) is 0 Å². The maximum Gasteiger partial charge on any atom is 0.369 e. The largest absolute Gasteiger partial charge is 0.369 e. The molecule has 0 saturated carbocycles. The summed E-state index contributed by atoms with van der Waals surface area (Å²) in [6, 6.07) is 2.75. The third kappa shape index (κ3) is 3.00. The molecular weight excluding hydrogens is 272 g/mol. The lowest BCUT2D eigenvalue weighted by Crippen LogP contribution is -2.31. The number of hydrogen-bond donors (Lipinski definition) is 5. The number of pyridine rings is 1. The van der Waals surface area contributed by atoms with Gasteiger partial charge in [-0.2, -0.15) is 0 Å². The Kier molecular flexibility index (Phi) is 3.91. The average molecular weight is 325 g/mol. The van der Waals surface area contributed by atoms with Gasteiger partial charge in [0.2, 0.25) is 0 Å². The second-order valence-corrected chi connectivity index (χ2v) is 7.41. The van der Waals surface area contributed by atoms with Gasteiger partial charge < -0.3 is 24.7 Å². The normalized spacial score (nSPS) is 13.7. The van der Waals surface area contributed by atoms with Gasteiger partial charge in [0.05, 0.1) is 0 Å². The average Bonchev–Trinajstić information content (AvgIpc) is 2.15. The standard InChI is InChI=1S/C7H11NO7P2.21H2/c9-7(16(10,11)12,17(13,14)15)4-6-2-1-3-8-5-6;;;;;;;;;;;;;;;;;;;;;/h1-3,5,9H,4H2,(H2,10,11,12)(H2,13,14,15);21*1H.